The van der Waals surface area contributed by atoms with E-state index in [4.69, 9.17) is 0 Å². The number of rotatable bonds is 3. The molecule has 0 aromatic heterocycles. The number of alkyl halides is 4. The molecular weight excluding hydrogens is 232 g/mol. The van der Waals surface area contributed by atoms with Crippen molar-refractivity contribution >= 4 is 11.8 Å². The van der Waals surface area contributed by atoms with E-state index in [1.807, 2.05) is 0 Å². The van der Waals surface area contributed by atoms with Gasteiger partial charge in [-0.25, -0.2) is 8.78 Å². The van der Waals surface area contributed by atoms with Gasteiger partial charge in [0, 0.05) is 13.6 Å². The van der Waals surface area contributed by atoms with Gasteiger partial charge in [-0.15, -0.1) is 0 Å². The van der Waals surface area contributed by atoms with E-state index in [-0.39, 0.29) is 6.42 Å². The standard InChI is InChI=1S/C8H10F4N2O2/c1-14-3-2-4(5(14)15)13-7(16)8(11,12)6(9)10/h4,6H,2-3H2,1H3,(H,13,16). The summed E-state index contributed by atoms with van der Waals surface area (Å²) < 4.78 is 48.7. The predicted molar refractivity (Wildman–Crippen MR) is 45.1 cm³/mol. The topological polar surface area (TPSA) is 49.4 Å². The molecule has 4 nitrogen and oxygen atoms in total. The second-order valence-electron chi connectivity index (χ2n) is 3.50. The first-order valence-electron chi connectivity index (χ1n) is 4.48. The van der Waals surface area contributed by atoms with Crippen LogP contribution in [0.15, 0.2) is 0 Å². The Balaban J connectivity index is 2.62. The Morgan fingerprint density at radius 2 is 2.12 bits per heavy atom. The quantitative estimate of drug-likeness (QED) is 0.720. The zero-order valence-corrected chi connectivity index (χ0v) is 8.34. The fraction of sp³-hybridized carbons (Fsp3) is 0.750. The van der Waals surface area contributed by atoms with Crippen LogP contribution in [0.5, 0.6) is 0 Å². The number of likely N-dealkylation sites (tertiary alicyclic amines) is 1. The first-order chi connectivity index (χ1) is 7.26. The van der Waals surface area contributed by atoms with E-state index in [0.717, 1.165) is 0 Å². The van der Waals surface area contributed by atoms with Crippen LogP contribution in [-0.4, -0.2) is 48.7 Å². The van der Waals surface area contributed by atoms with Gasteiger partial charge in [0.2, 0.25) is 5.91 Å². The highest BCUT2D eigenvalue weighted by Gasteiger charge is 2.50. The van der Waals surface area contributed by atoms with Crippen LogP contribution < -0.4 is 5.32 Å². The smallest absolute Gasteiger partial charge is 0.344 e. The normalized spacial score (nSPS) is 21.8. The predicted octanol–water partition coefficient (Wildman–Crippen LogP) is 0.234. The number of carbonyl (C=O) groups excluding carboxylic acids is 2. The SMILES string of the molecule is CN1CCC(NC(=O)C(F)(F)C(F)F)C1=O. The minimum absolute atomic E-state index is 0.139. The Morgan fingerprint density at radius 3 is 2.50 bits per heavy atom. The van der Waals surface area contributed by atoms with Crippen molar-refractivity contribution in [2.24, 2.45) is 0 Å². The Kier molecular flexibility index (Phi) is 3.39. The average Bonchev–Trinajstić information content (AvgIpc) is 2.49. The highest BCUT2D eigenvalue weighted by Crippen LogP contribution is 2.23. The number of hydrogen-bond donors (Lipinski definition) is 1. The van der Waals surface area contributed by atoms with E-state index in [1.165, 1.54) is 11.9 Å². The van der Waals surface area contributed by atoms with Crippen LogP contribution >= 0.6 is 0 Å². The summed E-state index contributed by atoms with van der Waals surface area (Å²) in [5.74, 6) is -7.43. The molecule has 16 heavy (non-hydrogen) atoms. The van der Waals surface area contributed by atoms with Gasteiger partial charge in [0.15, 0.2) is 0 Å². The number of amides is 2. The van der Waals surface area contributed by atoms with Crippen molar-refractivity contribution in [3.63, 3.8) is 0 Å². The maximum atomic E-state index is 12.5. The molecule has 1 heterocycles. The number of nitrogens with zero attached hydrogens (tertiary/aromatic N) is 1. The summed E-state index contributed by atoms with van der Waals surface area (Å²) in [6.07, 6.45) is -3.94. The molecule has 1 unspecified atom stereocenters. The molecule has 0 saturated carbocycles. The molecule has 0 bridgehead atoms. The third-order valence-electron chi connectivity index (χ3n) is 2.31. The Labute approximate surface area is 88.6 Å². The summed E-state index contributed by atoms with van der Waals surface area (Å²) in [6.45, 7) is 0.296. The van der Waals surface area contributed by atoms with Gasteiger partial charge in [0.05, 0.1) is 0 Å². The summed E-state index contributed by atoms with van der Waals surface area (Å²) >= 11 is 0. The molecule has 1 rings (SSSR count). The average molecular weight is 242 g/mol. The number of hydrogen-bond acceptors (Lipinski definition) is 2. The molecule has 0 aromatic carbocycles. The maximum Gasteiger partial charge on any atom is 0.383 e. The number of nitrogens with one attached hydrogen (secondary N) is 1. The van der Waals surface area contributed by atoms with Crippen LogP contribution in [-0.2, 0) is 9.59 Å². The monoisotopic (exact) mass is 242 g/mol. The first kappa shape index (κ1) is 12.7. The number of likely N-dealkylation sites (N-methyl/N-ethyl adjacent to an activating group) is 1. The van der Waals surface area contributed by atoms with Gasteiger partial charge < -0.3 is 10.2 Å². The summed E-state index contributed by atoms with van der Waals surface area (Å²) in [6, 6.07) is -1.14. The lowest BCUT2D eigenvalue weighted by molar-refractivity contribution is -0.170. The van der Waals surface area contributed by atoms with Crippen molar-refractivity contribution in [3.8, 4) is 0 Å². The third kappa shape index (κ3) is 2.25. The summed E-state index contributed by atoms with van der Waals surface area (Å²) in [4.78, 5) is 23.2. The van der Waals surface area contributed by atoms with Gasteiger partial charge in [-0.3, -0.25) is 9.59 Å². The highest BCUT2D eigenvalue weighted by molar-refractivity contribution is 5.91. The van der Waals surface area contributed by atoms with E-state index in [1.54, 1.807) is 5.32 Å². The van der Waals surface area contributed by atoms with Crippen LogP contribution in [0, 0.1) is 0 Å². The molecule has 0 spiro atoms. The van der Waals surface area contributed by atoms with Crippen molar-refractivity contribution in [3.05, 3.63) is 0 Å². The molecule has 1 N–H and O–H groups in total. The van der Waals surface area contributed by atoms with Crippen LogP contribution in [0.3, 0.4) is 0 Å². The van der Waals surface area contributed by atoms with Gasteiger partial charge in [0.1, 0.15) is 6.04 Å². The zero-order chi connectivity index (χ0) is 12.5. The van der Waals surface area contributed by atoms with Crippen LogP contribution in [0.4, 0.5) is 17.6 Å². The Bertz CT molecular complexity index is 308. The lowest BCUT2D eigenvalue weighted by atomic mass is 10.2. The van der Waals surface area contributed by atoms with Crippen molar-refractivity contribution in [2.45, 2.75) is 24.8 Å². The molecule has 1 saturated heterocycles. The van der Waals surface area contributed by atoms with Crippen LogP contribution in [0.1, 0.15) is 6.42 Å². The lowest BCUT2D eigenvalue weighted by Gasteiger charge is -2.17. The zero-order valence-electron chi connectivity index (χ0n) is 8.34. The molecule has 8 heteroatoms. The lowest BCUT2D eigenvalue weighted by Crippen LogP contribution is -2.51. The van der Waals surface area contributed by atoms with Gasteiger partial charge in [-0.2, -0.15) is 8.78 Å². The maximum absolute atomic E-state index is 12.5. The summed E-state index contributed by atoms with van der Waals surface area (Å²) in [5.41, 5.74) is 0. The number of carbonyl (C=O) groups is 2. The fourth-order valence-electron chi connectivity index (χ4n) is 1.31. The van der Waals surface area contributed by atoms with Gasteiger partial charge in [-0.05, 0) is 6.42 Å². The van der Waals surface area contributed by atoms with E-state index in [0.29, 0.717) is 6.54 Å². The molecule has 0 radical (unpaired) electrons. The highest BCUT2D eigenvalue weighted by atomic mass is 19.3. The molecule has 2 amide bonds. The Hall–Kier alpha value is -1.34. The van der Waals surface area contributed by atoms with E-state index >= 15 is 0 Å². The third-order valence-corrected chi connectivity index (χ3v) is 2.31. The molecule has 0 aliphatic carbocycles. The fourth-order valence-corrected chi connectivity index (χ4v) is 1.31. The molecule has 1 fully saturated rings. The second-order valence-corrected chi connectivity index (χ2v) is 3.50. The largest absolute Gasteiger partial charge is 0.383 e. The van der Waals surface area contributed by atoms with Gasteiger partial charge in [0.25, 0.3) is 5.91 Å². The summed E-state index contributed by atoms with van der Waals surface area (Å²) in [7, 11) is 1.43. The minimum atomic E-state index is -4.76. The van der Waals surface area contributed by atoms with Crippen molar-refractivity contribution in [2.75, 3.05) is 13.6 Å². The first-order valence-corrected chi connectivity index (χ1v) is 4.48. The minimum Gasteiger partial charge on any atom is -0.344 e. The van der Waals surface area contributed by atoms with Crippen molar-refractivity contribution < 1.29 is 27.2 Å². The van der Waals surface area contributed by atoms with Gasteiger partial charge >= 0.3 is 12.3 Å². The summed E-state index contributed by atoms with van der Waals surface area (Å²) in [5, 5.41) is 1.62. The molecular formula is C8H10F4N2O2. The van der Waals surface area contributed by atoms with Crippen LogP contribution in [0.2, 0.25) is 0 Å². The second kappa shape index (κ2) is 4.26. The molecule has 1 atom stereocenters. The van der Waals surface area contributed by atoms with Crippen molar-refractivity contribution in [1.29, 1.82) is 0 Å². The van der Waals surface area contributed by atoms with E-state index in [2.05, 4.69) is 0 Å². The Morgan fingerprint density at radius 1 is 1.56 bits per heavy atom. The van der Waals surface area contributed by atoms with E-state index < -0.39 is 30.2 Å². The molecule has 1 aliphatic heterocycles. The number of halogens is 4. The molecule has 1 aliphatic rings. The molecule has 0 aromatic rings. The van der Waals surface area contributed by atoms with E-state index in [9.17, 15) is 27.2 Å². The van der Waals surface area contributed by atoms with Gasteiger partial charge in [-0.1, -0.05) is 0 Å². The van der Waals surface area contributed by atoms with Crippen molar-refractivity contribution in [1.82, 2.24) is 10.2 Å². The van der Waals surface area contributed by atoms with Crippen LogP contribution in [0.25, 0.3) is 0 Å². The molecule has 92 valence electrons.